The van der Waals surface area contributed by atoms with Gasteiger partial charge < -0.3 is 14.6 Å². The molecule has 0 amide bonds. The van der Waals surface area contributed by atoms with Crippen molar-refractivity contribution in [2.45, 2.75) is 26.2 Å². The van der Waals surface area contributed by atoms with Crippen LogP contribution in [0.1, 0.15) is 36.5 Å². The monoisotopic (exact) mass is 280 g/mol. The Morgan fingerprint density at radius 2 is 1.80 bits per heavy atom. The van der Waals surface area contributed by atoms with E-state index >= 15 is 0 Å². The highest BCUT2D eigenvalue weighted by Gasteiger charge is 2.05. The number of aliphatic hydroxyl groups is 1. The van der Waals surface area contributed by atoms with Gasteiger partial charge in [0.15, 0.2) is 12.4 Å². The van der Waals surface area contributed by atoms with Gasteiger partial charge >= 0.3 is 5.97 Å². The number of carbonyl (C=O) groups excluding carboxylic acids is 2. The molecule has 110 valence electrons. The first-order valence-corrected chi connectivity index (χ1v) is 6.63. The maximum absolute atomic E-state index is 11.4. The molecular formula is C15H20O5. The molecule has 20 heavy (non-hydrogen) atoms. The minimum Gasteiger partial charge on any atom is -0.482 e. The van der Waals surface area contributed by atoms with Crippen LogP contribution in [0.25, 0.3) is 0 Å². The van der Waals surface area contributed by atoms with Crippen LogP contribution in [0.5, 0.6) is 5.75 Å². The van der Waals surface area contributed by atoms with Crippen LogP contribution in [0.4, 0.5) is 0 Å². The van der Waals surface area contributed by atoms with Crippen LogP contribution in [-0.2, 0) is 9.53 Å². The van der Waals surface area contributed by atoms with E-state index in [1.165, 1.54) is 6.92 Å². The number of Topliss-reactive ketones (excluding diaryl/α,β-unsaturated/α-hetero) is 1. The highest BCUT2D eigenvalue weighted by Crippen LogP contribution is 2.12. The summed E-state index contributed by atoms with van der Waals surface area (Å²) in [6.45, 7) is 1.84. The maximum Gasteiger partial charge on any atom is 0.344 e. The number of esters is 1. The number of ether oxygens (including phenoxy) is 2. The van der Waals surface area contributed by atoms with Crippen molar-refractivity contribution in [3.05, 3.63) is 29.8 Å². The summed E-state index contributed by atoms with van der Waals surface area (Å²) in [5.74, 6) is 0.0794. The van der Waals surface area contributed by atoms with Gasteiger partial charge in [-0.15, -0.1) is 0 Å². The van der Waals surface area contributed by atoms with E-state index in [-0.39, 0.29) is 19.0 Å². The van der Waals surface area contributed by atoms with Gasteiger partial charge in [0.2, 0.25) is 0 Å². The van der Waals surface area contributed by atoms with Crippen molar-refractivity contribution in [2.75, 3.05) is 19.8 Å². The van der Waals surface area contributed by atoms with Gasteiger partial charge in [0, 0.05) is 12.2 Å². The number of hydrogen-bond acceptors (Lipinski definition) is 5. The quantitative estimate of drug-likeness (QED) is 0.425. The molecule has 5 heteroatoms. The van der Waals surface area contributed by atoms with Gasteiger partial charge in [-0.25, -0.2) is 4.79 Å². The SMILES string of the molecule is CC(=O)c1ccc(OCC(=O)OCCCCCO)cc1. The summed E-state index contributed by atoms with van der Waals surface area (Å²) in [5.41, 5.74) is 0.601. The number of benzene rings is 1. The molecule has 0 bridgehead atoms. The third-order valence-corrected chi connectivity index (χ3v) is 2.68. The number of ketones is 1. The molecule has 0 saturated heterocycles. The first-order chi connectivity index (χ1) is 9.63. The van der Waals surface area contributed by atoms with Crippen molar-refractivity contribution in [1.29, 1.82) is 0 Å². The lowest BCUT2D eigenvalue weighted by Crippen LogP contribution is -2.15. The average molecular weight is 280 g/mol. The van der Waals surface area contributed by atoms with Gasteiger partial charge in [0.05, 0.1) is 6.61 Å². The fourth-order valence-corrected chi connectivity index (χ4v) is 1.55. The second kappa shape index (κ2) is 9.09. The van der Waals surface area contributed by atoms with Gasteiger partial charge in [0.1, 0.15) is 5.75 Å². The van der Waals surface area contributed by atoms with Gasteiger partial charge in [-0.1, -0.05) is 0 Å². The van der Waals surface area contributed by atoms with Crippen molar-refractivity contribution in [3.8, 4) is 5.75 Å². The summed E-state index contributed by atoms with van der Waals surface area (Å²) in [7, 11) is 0. The third kappa shape index (κ3) is 6.33. The Bertz CT molecular complexity index is 424. The molecule has 5 nitrogen and oxygen atoms in total. The molecule has 1 aromatic carbocycles. The van der Waals surface area contributed by atoms with E-state index in [1.807, 2.05) is 0 Å². The van der Waals surface area contributed by atoms with Crippen LogP contribution in [0.15, 0.2) is 24.3 Å². The van der Waals surface area contributed by atoms with Crippen molar-refractivity contribution < 1.29 is 24.2 Å². The molecule has 0 aliphatic rings. The van der Waals surface area contributed by atoms with E-state index in [9.17, 15) is 9.59 Å². The smallest absolute Gasteiger partial charge is 0.344 e. The fourth-order valence-electron chi connectivity index (χ4n) is 1.55. The van der Waals surface area contributed by atoms with Crippen molar-refractivity contribution in [2.24, 2.45) is 0 Å². The lowest BCUT2D eigenvalue weighted by Gasteiger charge is -2.07. The van der Waals surface area contributed by atoms with E-state index in [0.717, 1.165) is 19.3 Å². The Hall–Kier alpha value is -1.88. The summed E-state index contributed by atoms with van der Waals surface area (Å²) >= 11 is 0. The second-order valence-corrected chi connectivity index (χ2v) is 4.37. The minimum absolute atomic E-state index is 0.0150. The minimum atomic E-state index is -0.426. The molecule has 1 N–H and O–H groups in total. The zero-order valence-corrected chi connectivity index (χ0v) is 11.6. The van der Waals surface area contributed by atoms with Gasteiger partial charge in [-0.2, -0.15) is 0 Å². The zero-order valence-electron chi connectivity index (χ0n) is 11.6. The Morgan fingerprint density at radius 3 is 2.40 bits per heavy atom. The molecule has 0 saturated carbocycles. The van der Waals surface area contributed by atoms with Crippen LogP contribution in [-0.4, -0.2) is 36.7 Å². The van der Waals surface area contributed by atoms with Crippen LogP contribution in [0.3, 0.4) is 0 Å². The molecule has 0 atom stereocenters. The van der Waals surface area contributed by atoms with Gasteiger partial charge in [-0.05, 0) is 50.5 Å². The number of hydrogen-bond donors (Lipinski definition) is 1. The van der Waals surface area contributed by atoms with Crippen LogP contribution in [0.2, 0.25) is 0 Å². The van der Waals surface area contributed by atoms with E-state index in [1.54, 1.807) is 24.3 Å². The molecule has 1 rings (SSSR count). The van der Waals surface area contributed by atoms with Crippen molar-refractivity contribution in [3.63, 3.8) is 0 Å². The molecule has 0 spiro atoms. The molecule has 0 radical (unpaired) electrons. The summed E-state index contributed by atoms with van der Waals surface area (Å²) in [6.07, 6.45) is 2.29. The first-order valence-electron chi connectivity index (χ1n) is 6.63. The van der Waals surface area contributed by atoms with Crippen LogP contribution >= 0.6 is 0 Å². The van der Waals surface area contributed by atoms with Crippen molar-refractivity contribution >= 4 is 11.8 Å². The Balaban J connectivity index is 2.22. The lowest BCUT2D eigenvalue weighted by atomic mass is 10.1. The lowest BCUT2D eigenvalue weighted by molar-refractivity contribution is -0.146. The van der Waals surface area contributed by atoms with Crippen LogP contribution < -0.4 is 4.74 Å². The standard InChI is InChI=1S/C15H20O5/c1-12(17)13-5-7-14(8-6-13)20-11-15(18)19-10-4-2-3-9-16/h5-8,16H,2-4,9-11H2,1H3. The maximum atomic E-state index is 11.4. The van der Waals surface area contributed by atoms with Gasteiger partial charge in [0.25, 0.3) is 0 Å². The number of aliphatic hydroxyl groups excluding tert-OH is 1. The summed E-state index contributed by atoms with van der Waals surface area (Å²) in [5, 5.41) is 8.59. The Morgan fingerprint density at radius 1 is 1.10 bits per heavy atom. The molecule has 1 aromatic rings. The van der Waals surface area contributed by atoms with E-state index in [0.29, 0.717) is 17.9 Å². The molecule has 0 aromatic heterocycles. The van der Waals surface area contributed by atoms with E-state index in [4.69, 9.17) is 14.6 Å². The largest absolute Gasteiger partial charge is 0.482 e. The Kier molecular flexibility index (Phi) is 7.35. The van der Waals surface area contributed by atoms with Crippen molar-refractivity contribution in [1.82, 2.24) is 0 Å². The normalized spacial score (nSPS) is 10.1. The highest BCUT2D eigenvalue weighted by molar-refractivity contribution is 5.94. The third-order valence-electron chi connectivity index (χ3n) is 2.68. The summed E-state index contributed by atoms with van der Waals surface area (Å²) in [6, 6.07) is 6.59. The Labute approximate surface area is 118 Å². The predicted molar refractivity (Wildman–Crippen MR) is 73.8 cm³/mol. The fraction of sp³-hybridized carbons (Fsp3) is 0.467. The van der Waals surface area contributed by atoms with Crippen LogP contribution in [0, 0.1) is 0 Å². The number of rotatable bonds is 9. The van der Waals surface area contributed by atoms with E-state index < -0.39 is 5.97 Å². The molecule has 0 fully saturated rings. The summed E-state index contributed by atoms with van der Waals surface area (Å²) < 4.78 is 10.2. The second-order valence-electron chi connectivity index (χ2n) is 4.37. The first kappa shape index (κ1) is 16.2. The number of unbranched alkanes of at least 4 members (excludes halogenated alkanes) is 2. The number of carbonyl (C=O) groups is 2. The average Bonchev–Trinajstić information content (AvgIpc) is 2.45. The van der Waals surface area contributed by atoms with Gasteiger partial charge in [-0.3, -0.25) is 4.79 Å². The molecule has 0 heterocycles. The molecule has 0 aliphatic heterocycles. The van der Waals surface area contributed by atoms with E-state index in [2.05, 4.69) is 0 Å². The predicted octanol–water partition coefficient (Wildman–Crippen LogP) is 1.97. The molecule has 0 aliphatic carbocycles. The molecule has 0 unspecified atom stereocenters. The zero-order chi connectivity index (χ0) is 14.8. The topological polar surface area (TPSA) is 72.8 Å². The summed E-state index contributed by atoms with van der Waals surface area (Å²) in [4.78, 5) is 22.5. The highest BCUT2D eigenvalue weighted by atomic mass is 16.6. The molecular weight excluding hydrogens is 260 g/mol.